The molecule has 12 heavy (non-hydrogen) atoms. The van der Waals surface area contributed by atoms with Crippen LogP contribution in [0.3, 0.4) is 0 Å². The number of aromatic nitrogens is 2. The Morgan fingerprint density at radius 1 is 1.50 bits per heavy atom. The van der Waals surface area contributed by atoms with Crippen molar-refractivity contribution in [2.75, 3.05) is 0 Å². The summed E-state index contributed by atoms with van der Waals surface area (Å²) in [6.45, 7) is 2.13. The number of H-pyrrole nitrogens is 1. The Morgan fingerprint density at radius 2 is 2.42 bits per heavy atom. The van der Waals surface area contributed by atoms with Gasteiger partial charge in [0, 0.05) is 12.4 Å². The Bertz CT molecular complexity index is 307. The molecule has 1 aliphatic rings. The van der Waals surface area contributed by atoms with Crippen LogP contribution in [-0.4, -0.2) is 9.97 Å². The molecule has 0 spiro atoms. The third kappa shape index (κ3) is 1.33. The maximum atomic E-state index is 4.20. The predicted molar refractivity (Wildman–Crippen MR) is 48.4 cm³/mol. The molecule has 0 saturated carbocycles. The van der Waals surface area contributed by atoms with Gasteiger partial charge in [0.05, 0.1) is 5.92 Å². The molecule has 0 bridgehead atoms. The molecule has 2 heteroatoms. The highest BCUT2D eigenvalue weighted by Crippen LogP contribution is 2.24. The highest BCUT2D eigenvalue weighted by molar-refractivity contribution is 5.36. The minimum absolute atomic E-state index is 0.985. The van der Waals surface area contributed by atoms with Crippen molar-refractivity contribution in [2.24, 2.45) is 0 Å². The first-order valence-corrected chi connectivity index (χ1v) is 4.05. The van der Waals surface area contributed by atoms with Crippen molar-refractivity contribution in [3.8, 4) is 0 Å². The Hall–Kier alpha value is -1.31. The lowest BCUT2D eigenvalue weighted by molar-refractivity contribution is 0.950. The molecule has 0 aromatic carbocycles. The first kappa shape index (κ1) is 7.35. The molecular formula is C10H11N2. The third-order valence-corrected chi connectivity index (χ3v) is 1.95. The summed E-state index contributed by atoms with van der Waals surface area (Å²) in [6.07, 6.45) is 10.9. The zero-order valence-corrected chi connectivity index (χ0v) is 7.04. The Morgan fingerprint density at radius 3 is 3.08 bits per heavy atom. The number of hydrogen-bond acceptors (Lipinski definition) is 1. The standard InChI is InChI=1S/C10H11N2/c1-8-3-2-4-9(7-8)10-11-5-6-12-10/h2-6H,7H2,1H3,(H,11,12). The van der Waals surface area contributed by atoms with Crippen LogP contribution >= 0.6 is 0 Å². The average Bonchev–Trinajstić information content (AvgIpc) is 2.56. The third-order valence-electron chi connectivity index (χ3n) is 1.95. The minimum Gasteiger partial charge on any atom is -0.348 e. The van der Waals surface area contributed by atoms with Gasteiger partial charge in [-0.3, -0.25) is 0 Å². The van der Waals surface area contributed by atoms with Crippen molar-refractivity contribution < 1.29 is 0 Å². The van der Waals surface area contributed by atoms with E-state index in [2.05, 4.69) is 35.1 Å². The smallest absolute Gasteiger partial charge is 0.117 e. The van der Waals surface area contributed by atoms with Crippen molar-refractivity contribution in [1.82, 2.24) is 9.97 Å². The molecule has 61 valence electrons. The maximum absolute atomic E-state index is 4.20. The van der Waals surface area contributed by atoms with Gasteiger partial charge in [-0.1, -0.05) is 23.8 Å². The first-order chi connectivity index (χ1) is 5.86. The Balaban J connectivity index is 2.19. The molecule has 1 radical (unpaired) electrons. The van der Waals surface area contributed by atoms with Crippen molar-refractivity contribution >= 4 is 0 Å². The summed E-state index contributed by atoms with van der Waals surface area (Å²) in [5, 5.41) is 0. The summed E-state index contributed by atoms with van der Waals surface area (Å²) in [5.74, 6) is 2.25. The summed E-state index contributed by atoms with van der Waals surface area (Å²) >= 11 is 0. The second kappa shape index (κ2) is 2.97. The number of nitrogens with one attached hydrogen (secondary N) is 1. The summed E-state index contributed by atoms with van der Waals surface area (Å²) in [7, 11) is 0. The lowest BCUT2D eigenvalue weighted by Gasteiger charge is -2.12. The molecular weight excluding hydrogens is 148 g/mol. The highest BCUT2D eigenvalue weighted by Gasteiger charge is 2.13. The van der Waals surface area contributed by atoms with Gasteiger partial charge < -0.3 is 4.98 Å². The molecule has 0 amide bonds. The van der Waals surface area contributed by atoms with E-state index < -0.39 is 0 Å². The van der Waals surface area contributed by atoms with E-state index in [1.165, 1.54) is 11.5 Å². The van der Waals surface area contributed by atoms with Gasteiger partial charge in [0.15, 0.2) is 0 Å². The second-order valence-electron chi connectivity index (χ2n) is 3.01. The zero-order chi connectivity index (χ0) is 8.39. The van der Waals surface area contributed by atoms with Crippen LogP contribution in [0.25, 0.3) is 0 Å². The summed E-state index contributed by atoms with van der Waals surface area (Å²) in [6, 6.07) is 0. The van der Waals surface area contributed by atoms with E-state index in [-0.39, 0.29) is 0 Å². The number of allylic oxidation sites excluding steroid dienone is 4. The maximum Gasteiger partial charge on any atom is 0.117 e. The number of rotatable bonds is 1. The fraction of sp³-hybridized carbons (Fsp3) is 0.200. The van der Waals surface area contributed by atoms with Gasteiger partial charge in [-0.05, 0) is 13.3 Å². The van der Waals surface area contributed by atoms with Crippen LogP contribution in [0.1, 0.15) is 19.2 Å². The van der Waals surface area contributed by atoms with E-state index in [0.717, 1.165) is 12.2 Å². The van der Waals surface area contributed by atoms with E-state index >= 15 is 0 Å². The molecule has 1 heterocycles. The van der Waals surface area contributed by atoms with Crippen molar-refractivity contribution in [1.29, 1.82) is 0 Å². The van der Waals surface area contributed by atoms with Crippen molar-refractivity contribution in [3.05, 3.63) is 47.9 Å². The predicted octanol–water partition coefficient (Wildman–Crippen LogP) is 2.24. The molecule has 1 N–H and O–H groups in total. The SMILES string of the molecule is CC1=CC=C[C](c2ncc[nH]2)C1. The molecule has 0 unspecified atom stereocenters. The molecule has 1 aromatic rings. The van der Waals surface area contributed by atoms with E-state index in [4.69, 9.17) is 0 Å². The second-order valence-corrected chi connectivity index (χ2v) is 3.01. The first-order valence-electron chi connectivity index (χ1n) is 4.05. The molecule has 0 atom stereocenters. The summed E-state index contributed by atoms with van der Waals surface area (Å²) < 4.78 is 0. The van der Waals surface area contributed by atoms with Crippen LogP contribution in [0.4, 0.5) is 0 Å². The van der Waals surface area contributed by atoms with E-state index in [9.17, 15) is 0 Å². The van der Waals surface area contributed by atoms with Gasteiger partial charge in [0.2, 0.25) is 0 Å². The number of nitrogens with zero attached hydrogens (tertiary/aromatic N) is 1. The molecule has 2 rings (SSSR count). The fourth-order valence-corrected chi connectivity index (χ4v) is 1.35. The lowest BCUT2D eigenvalue weighted by Crippen LogP contribution is -2.02. The van der Waals surface area contributed by atoms with Gasteiger partial charge in [-0.25, -0.2) is 4.98 Å². The molecule has 1 aromatic heterocycles. The highest BCUT2D eigenvalue weighted by atomic mass is 14.9. The van der Waals surface area contributed by atoms with Gasteiger partial charge in [0.25, 0.3) is 0 Å². The number of aromatic amines is 1. The number of imidazole rings is 1. The van der Waals surface area contributed by atoms with Crippen LogP contribution in [0.15, 0.2) is 36.2 Å². The van der Waals surface area contributed by atoms with Gasteiger partial charge in [-0.15, -0.1) is 0 Å². The zero-order valence-electron chi connectivity index (χ0n) is 7.04. The van der Waals surface area contributed by atoms with Gasteiger partial charge in [0.1, 0.15) is 5.82 Å². The molecule has 0 fully saturated rings. The molecule has 0 aliphatic heterocycles. The van der Waals surface area contributed by atoms with Crippen LogP contribution in [0, 0.1) is 5.92 Å². The van der Waals surface area contributed by atoms with E-state index in [1.54, 1.807) is 6.20 Å². The lowest BCUT2D eigenvalue weighted by atomic mass is 9.95. The van der Waals surface area contributed by atoms with Gasteiger partial charge >= 0.3 is 0 Å². The summed E-state index contributed by atoms with van der Waals surface area (Å²) in [4.78, 5) is 7.30. The van der Waals surface area contributed by atoms with Gasteiger partial charge in [-0.2, -0.15) is 0 Å². The topological polar surface area (TPSA) is 28.7 Å². The Kier molecular flexibility index (Phi) is 1.82. The average molecular weight is 159 g/mol. The largest absolute Gasteiger partial charge is 0.348 e. The van der Waals surface area contributed by atoms with Crippen LogP contribution in [-0.2, 0) is 0 Å². The quantitative estimate of drug-likeness (QED) is 0.668. The molecule has 1 aliphatic carbocycles. The fourth-order valence-electron chi connectivity index (χ4n) is 1.35. The van der Waals surface area contributed by atoms with Crippen LogP contribution < -0.4 is 0 Å². The van der Waals surface area contributed by atoms with E-state index in [1.807, 2.05) is 6.20 Å². The van der Waals surface area contributed by atoms with Crippen LogP contribution in [0.5, 0.6) is 0 Å². The van der Waals surface area contributed by atoms with Crippen molar-refractivity contribution in [2.45, 2.75) is 13.3 Å². The normalized spacial score (nSPS) is 17.9. The molecule has 0 saturated heterocycles. The number of hydrogen-bond donors (Lipinski definition) is 1. The Labute approximate surface area is 72.0 Å². The summed E-state index contributed by atoms with van der Waals surface area (Å²) in [5.41, 5.74) is 1.38. The van der Waals surface area contributed by atoms with E-state index in [0.29, 0.717) is 0 Å². The van der Waals surface area contributed by atoms with Crippen LogP contribution in [0.2, 0.25) is 0 Å². The van der Waals surface area contributed by atoms with Crippen molar-refractivity contribution in [3.63, 3.8) is 0 Å². The molecule has 2 nitrogen and oxygen atoms in total. The minimum atomic E-state index is 0.985. The monoisotopic (exact) mass is 159 g/mol.